The predicted octanol–water partition coefficient (Wildman–Crippen LogP) is 2.63. The third-order valence-electron chi connectivity index (χ3n) is 4.19. The molecule has 2 N–H and O–H groups in total. The van der Waals surface area contributed by atoms with Gasteiger partial charge in [0.2, 0.25) is 5.91 Å². The molecule has 0 atom stereocenters. The van der Waals surface area contributed by atoms with Gasteiger partial charge in [0.05, 0.1) is 4.90 Å². The summed E-state index contributed by atoms with van der Waals surface area (Å²) in [5.74, 6) is -0.870. The van der Waals surface area contributed by atoms with E-state index in [1.165, 1.54) is 25.1 Å². The number of carbonyl (C=O) groups is 2. The van der Waals surface area contributed by atoms with Gasteiger partial charge in [-0.1, -0.05) is 12.1 Å². The Bertz CT molecular complexity index is 1000. The van der Waals surface area contributed by atoms with Gasteiger partial charge < -0.3 is 14.7 Å². The summed E-state index contributed by atoms with van der Waals surface area (Å²) in [6.45, 7) is 5.43. The molecule has 0 fully saturated rings. The van der Waals surface area contributed by atoms with Crippen molar-refractivity contribution in [2.24, 2.45) is 0 Å². The molecular formula is C20H24N2O6S. The summed E-state index contributed by atoms with van der Waals surface area (Å²) in [4.78, 5) is 23.9. The quantitative estimate of drug-likeness (QED) is 0.645. The van der Waals surface area contributed by atoms with Crippen LogP contribution in [0.5, 0.6) is 5.75 Å². The lowest BCUT2D eigenvalue weighted by Crippen LogP contribution is -2.27. The first-order valence-corrected chi connectivity index (χ1v) is 10.4. The first-order chi connectivity index (χ1) is 13.6. The van der Waals surface area contributed by atoms with Gasteiger partial charge >= 0.3 is 5.97 Å². The monoisotopic (exact) mass is 420 g/mol. The molecule has 0 unspecified atom stereocenters. The van der Waals surface area contributed by atoms with Crippen LogP contribution in [0.15, 0.2) is 47.4 Å². The minimum Gasteiger partial charge on any atom is -0.482 e. The Morgan fingerprint density at radius 2 is 1.90 bits per heavy atom. The third kappa shape index (κ3) is 6.21. The first-order valence-electron chi connectivity index (χ1n) is 8.95. The van der Waals surface area contributed by atoms with Crippen LogP contribution in [0.1, 0.15) is 25.0 Å². The number of amides is 1. The minimum atomic E-state index is -3.85. The lowest BCUT2D eigenvalue weighted by Gasteiger charge is -2.19. The van der Waals surface area contributed by atoms with Crippen LogP contribution >= 0.6 is 0 Å². The number of hydrogen-bond acceptors (Lipinski definition) is 5. The highest BCUT2D eigenvalue weighted by molar-refractivity contribution is 7.92. The number of carbonyl (C=O) groups excluding carboxylic acids is 1. The van der Waals surface area contributed by atoms with Crippen molar-refractivity contribution in [3.8, 4) is 5.75 Å². The molecule has 8 nitrogen and oxygen atoms in total. The number of anilines is 1. The highest BCUT2D eigenvalue weighted by Crippen LogP contribution is 2.24. The van der Waals surface area contributed by atoms with Crippen LogP contribution in [0.2, 0.25) is 0 Å². The zero-order chi connectivity index (χ0) is 21.6. The number of ether oxygens (including phenoxy) is 1. The molecule has 2 aromatic carbocycles. The highest BCUT2D eigenvalue weighted by atomic mass is 32.2. The van der Waals surface area contributed by atoms with Crippen molar-refractivity contribution >= 4 is 27.6 Å². The van der Waals surface area contributed by atoms with Crippen LogP contribution in [-0.4, -0.2) is 43.5 Å². The maximum absolute atomic E-state index is 12.7. The Balaban J connectivity index is 2.19. The summed E-state index contributed by atoms with van der Waals surface area (Å²) in [6, 6.07) is 11.0. The number of nitrogens with zero attached hydrogens (tertiary/aromatic N) is 1. The van der Waals surface area contributed by atoms with E-state index in [0.717, 1.165) is 5.56 Å². The number of nitrogens with one attached hydrogen (secondary N) is 1. The second-order valence-electron chi connectivity index (χ2n) is 6.45. The first kappa shape index (κ1) is 22.2. The SMILES string of the molecule is CCN(Cc1cccc(NS(=O)(=O)c2ccc(OCC(=O)O)c(C)c2)c1)C(C)=O. The molecule has 156 valence electrons. The smallest absolute Gasteiger partial charge is 0.341 e. The Morgan fingerprint density at radius 1 is 1.17 bits per heavy atom. The zero-order valence-corrected chi connectivity index (χ0v) is 17.3. The molecule has 0 spiro atoms. The van der Waals surface area contributed by atoms with Gasteiger partial charge in [0.1, 0.15) is 5.75 Å². The average molecular weight is 420 g/mol. The number of benzene rings is 2. The van der Waals surface area contributed by atoms with Gasteiger partial charge in [-0.05, 0) is 55.3 Å². The van der Waals surface area contributed by atoms with Gasteiger partial charge in [0.15, 0.2) is 6.61 Å². The second-order valence-corrected chi connectivity index (χ2v) is 8.13. The van der Waals surface area contributed by atoms with Crippen LogP contribution in [0.4, 0.5) is 5.69 Å². The fourth-order valence-electron chi connectivity index (χ4n) is 2.70. The largest absolute Gasteiger partial charge is 0.482 e. The zero-order valence-electron chi connectivity index (χ0n) is 16.5. The van der Waals surface area contributed by atoms with E-state index in [1.54, 1.807) is 30.0 Å². The van der Waals surface area contributed by atoms with Gasteiger partial charge in [-0.15, -0.1) is 0 Å². The molecule has 2 rings (SSSR count). The number of sulfonamides is 1. The molecule has 0 radical (unpaired) electrons. The lowest BCUT2D eigenvalue weighted by molar-refractivity contribution is -0.139. The van der Waals surface area contributed by atoms with E-state index >= 15 is 0 Å². The predicted molar refractivity (Wildman–Crippen MR) is 108 cm³/mol. The van der Waals surface area contributed by atoms with Gasteiger partial charge in [-0.3, -0.25) is 9.52 Å². The van der Waals surface area contributed by atoms with Gasteiger partial charge in [0, 0.05) is 25.7 Å². The summed E-state index contributed by atoms with van der Waals surface area (Å²) in [6.07, 6.45) is 0. The van der Waals surface area contributed by atoms with E-state index < -0.39 is 22.6 Å². The van der Waals surface area contributed by atoms with Gasteiger partial charge in [-0.2, -0.15) is 0 Å². The van der Waals surface area contributed by atoms with Crippen LogP contribution in [-0.2, 0) is 26.2 Å². The van der Waals surface area contributed by atoms with Crippen LogP contribution < -0.4 is 9.46 Å². The maximum Gasteiger partial charge on any atom is 0.341 e. The number of aryl methyl sites for hydroxylation is 1. The summed E-state index contributed by atoms with van der Waals surface area (Å²) < 4.78 is 33.1. The van der Waals surface area contributed by atoms with E-state index in [2.05, 4.69) is 4.72 Å². The number of aliphatic carboxylic acids is 1. The summed E-state index contributed by atoms with van der Waals surface area (Å²) in [5.41, 5.74) is 1.68. The van der Waals surface area contributed by atoms with Gasteiger partial charge in [-0.25, -0.2) is 13.2 Å². The van der Waals surface area contributed by atoms with Crippen molar-refractivity contribution in [3.05, 3.63) is 53.6 Å². The van der Waals surface area contributed by atoms with E-state index in [0.29, 0.717) is 30.1 Å². The third-order valence-corrected chi connectivity index (χ3v) is 5.57. The average Bonchev–Trinajstić information content (AvgIpc) is 2.64. The number of hydrogen-bond donors (Lipinski definition) is 2. The molecule has 0 heterocycles. The number of carboxylic acid groups (broad SMARTS) is 1. The minimum absolute atomic E-state index is 0.0296. The van der Waals surface area contributed by atoms with E-state index in [1.807, 2.05) is 13.0 Å². The molecule has 1 amide bonds. The Hall–Kier alpha value is -3.07. The molecule has 0 aliphatic rings. The standard InChI is InChI=1S/C20H24N2O6S/c1-4-22(15(3)23)12-16-6-5-7-17(11-16)21-29(26,27)18-8-9-19(14(2)10-18)28-13-20(24)25/h5-11,21H,4,12-13H2,1-3H3,(H,24,25). The van der Waals surface area contributed by atoms with Crippen molar-refractivity contribution in [1.29, 1.82) is 0 Å². The molecule has 2 aromatic rings. The normalized spacial score (nSPS) is 11.0. The molecule has 0 saturated heterocycles. The molecule has 0 aliphatic heterocycles. The number of carboxylic acids is 1. The van der Waals surface area contributed by atoms with Crippen LogP contribution in [0.3, 0.4) is 0 Å². The van der Waals surface area contributed by atoms with Gasteiger partial charge in [0.25, 0.3) is 10.0 Å². The fraction of sp³-hybridized carbons (Fsp3) is 0.300. The molecule has 0 saturated carbocycles. The molecule has 9 heteroatoms. The fourth-order valence-corrected chi connectivity index (χ4v) is 3.84. The van der Waals surface area contributed by atoms with E-state index in [-0.39, 0.29) is 10.8 Å². The molecule has 0 bridgehead atoms. The topological polar surface area (TPSA) is 113 Å². The van der Waals surface area contributed by atoms with E-state index in [9.17, 15) is 18.0 Å². The van der Waals surface area contributed by atoms with Crippen molar-refractivity contribution in [1.82, 2.24) is 4.90 Å². The Morgan fingerprint density at radius 3 is 2.48 bits per heavy atom. The highest BCUT2D eigenvalue weighted by Gasteiger charge is 2.17. The van der Waals surface area contributed by atoms with Crippen molar-refractivity contribution in [3.63, 3.8) is 0 Å². The van der Waals surface area contributed by atoms with Crippen molar-refractivity contribution in [2.45, 2.75) is 32.2 Å². The van der Waals surface area contributed by atoms with Crippen LogP contribution in [0, 0.1) is 6.92 Å². The summed E-state index contributed by atoms with van der Waals surface area (Å²) in [7, 11) is -3.85. The second kappa shape index (κ2) is 9.42. The Labute approximate surface area is 170 Å². The summed E-state index contributed by atoms with van der Waals surface area (Å²) >= 11 is 0. The Kier molecular flexibility index (Phi) is 7.22. The van der Waals surface area contributed by atoms with Crippen molar-refractivity contribution in [2.75, 3.05) is 17.9 Å². The molecule has 0 aromatic heterocycles. The molecular weight excluding hydrogens is 396 g/mol. The lowest BCUT2D eigenvalue weighted by atomic mass is 10.2. The maximum atomic E-state index is 12.7. The van der Waals surface area contributed by atoms with Crippen molar-refractivity contribution < 1.29 is 27.9 Å². The number of rotatable bonds is 9. The molecule has 29 heavy (non-hydrogen) atoms. The summed E-state index contributed by atoms with van der Waals surface area (Å²) in [5, 5.41) is 8.68. The van der Waals surface area contributed by atoms with Crippen LogP contribution in [0.25, 0.3) is 0 Å². The van der Waals surface area contributed by atoms with E-state index in [4.69, 9.17) is 9.84 Å². The molecule has 0 aliphatic carbocycles.